The summed E-state index contributed by atoms with van der Waals surface area (Å²) < 4.78 is 0. The predicted molar refractivity (Wildman–Crippen MR) is 98.6 cm³/mol. The first-order chi connectivity index (χ1) is 12.1. The number of aromatic amines is 1. The maximum atomic E-state index is 12.3. The number of nitrogens with one attached hydrogen (secondary N) is 2. The van der Waals surface area contributed by atoms with Gasteiger partial charge in [0.2, 0.25) is 0 Å². The molecule has 0 saturated heterocycles. The van der Waals surface area contributed by atoms with E-state index in [9.17, 15) is 4.79 Å². The van der Waals surface area contributed by atoms with Crippen molar-refractivity contribution in [2.45, 2.75) is 6.42 Å². The van der Waals surface area contributed by atoms with E-state index in [-0.39, 0.29) is 5.91 Å². The van der Waals surface area contributed by atoms with Gasteiger partial charge in [-0.05, 0) is 29.8 Å². The van der Waals surface area contributed by atoms with Gasteiger partial charge in [0.15, 0.2) is 0 Å². The highest BCUT2D eigenvalue weighted by molar-refractivity contribution is 5.95. The minimum atomic E-state index is -0.126. The topological polar surface area (TPSA) is 73.9 Å². The monoisotopic (exact) mass is 335 g/mol. The summed E-state index contributed by atoms with van der Waals surface area (Å²) in [7, 11) is 4.01. The van der Waals surface area contributed by atoms with E-state index >= 15 is 0 Å². The van der Waals surface area contributed by atoms with Gasteiger partial charge in [0.1, 0.15) is 0 Å². The zero-order chi connectivity index (χ0) is 17.6. The summed E-state index contributed by atoms with van der Waals surface area (Å²) in [4.78, 5) is 18.6. The molecule has 0 fully saturated rings. The standard InChI is InChI=1S/C19H21N5O/c1-24(2)18-5-3-14(4-6-18)15-11-16(13-20-12-15)19(25)21-9-7-17-8-10-22-23-17/h3-6,8,10-13H,7,9H2,1-2H3,(H,21,25)(H,22,23). The van der Waals surface area contributed by atoms with E-state index in [4.69, 9.17) is 0 Å². The van der Waals surface area contributed by atoms with Crippen LogP contribution in [0.2, 0.25) is 0 Å². The van der Waals surface area contributed by atoms with Gasteiger partial charge >= 0.3 is 0 Å². The summed E-state index contributed by atoms with van der Waals surface area (Å²) in [6.45, 7) is 0.544. The fraction of sp³-hybridized carbons (Fsp3) is 0.211. The molecule has 2 N–H and O–H groups in total. The maximum Gasteiger partial charge on any atom is 0.252 e. The Morgan fingerprint density at radius 2 is 1.92 bits per heavy atom. The van der Waals surface area contributed by atoms with Crippen molar-refractivity contribution < 1.29 is 4.79 Å². The lowest BCUT2D eigenvalue weighted by Gasteiger charge is -2.13. The van der Waals surface area contributed by atoms with E-state index in [2.05, 4.69) is 20.5 Å². The molecular weight excluding hydrogens is 314 g/mol. The van der Waals surface area contributed by atoms with Crippen LogP contribution in [0.1, 0.15) is 16.1 Å². The molecule has 3 rings (SSSR count). The largest absolute Gasteiger partial charge is 0.378 e. The van der Waals surface area contributed by atoms with Gasteiger partial charge in [-0.15, -0.1) is 0 Å². The summed E-state index contributed by atoms with van der Waals surface area (Å²) in [5.74, 6) is -0.126. The van der Waals surface area contributed by atoms with Gasteiger partial charge in [-0.1, -0.05) is 12.1 Å². The van der Waals surface area contributed by atoms with E-state index in [0.717, 1.165) is 22.5 Å². The molecule has 3 aromatic rings. The van der Waals surface area contributed by atoms with E-state index in [0.29, 0.717) is 18.5 Å². The number of carbonyl (C=O) groups is 1. The van der Waals surface area contributed by atoms with Crippen LogP contribution in [-0.4, -0.2) is 41.7 Å². The lowest BCUT2D eigenvalue weighted by Crippen LogP contribution is -2.25. The second-order valence-electron chi connectivity index (χ2n) is 5.99. The number of hydrogen-bond donors (Lipinski definition) is 2. The van der Waals surface area contributed by atoms with Crippen molar-refractivity contribution in [3.8, 4) is 11.1 Å². The van der Waals surface area contributed by atoms with Crippen LogP contribution in [0.15, 0.2) is 55.0 Å². The van der Waals surface area contributed by atoms with Gasteiger partial charge < -0.3 is 10.2 Å². The Bertz CT molecular complexity index is 825. The maximum absolute atomic E-state index is 12.3. The fourth-order valence-corrected chi connectivity index (χ4v) is 2.51. The van der Waals surface area contributed by atoms with Crippen molar-refractivity contribution in [1.82, 2.24) is 20.5 Å². The molecule has 0 bridgehead atoms. The molecule has 0 spiro atoms. The number of amides is 1. The molecule has 0 saturated carbocycles. The Morgan fingerprint density at radius 1 is 1.12 bits per heavy atom. The highest BCUT2D eigenvalue weighted by atomic mass is 16.1. The van der Waals surface area contributed by atoms with E-state index in [1.165, 1.54) is 0 Å². The summed E-state index contributed by atoms with van der Waals surface area (Å²) in [6, 6.07) is 11.9. The number of H-pyrrole nitrogens is 1. The Hall–Kier alpha value is -3.15. The second-order valence-corrected chi connectivity index (χ2v) is 5.99. The third-order valence-electron chi connectivity index (χ3n) is 3.96. The number of pyridine rings is 1. The van der Waals surface area contributed by atoms with Crippen LogP contribution in [0.5, 0.6) is 0 Å². The van der Waals surface area contributed by atoms with Crippen molar-refractivity contribution >= 4 is 11.6 Å². The Labute approximate surface area is 146 Å². The highest BCUT2D eigenvalue weighted by Crippen LogP contribution is 2.22. The number of anilines is 1. The van der Waals surface area contributed by atoms with Gasteiger partial charge in [0.25, 0.3) is 5.91 Å². The summed E-state index contributed by atoms with van der Waals surface area (Å²) >= 11 is 0. The number of aromatic nitrogens is 3. The molecule has 0 aliphatic carbocycles. The van der Waals surface area contributed by atoms with Gasteiger partial charge in [-0.2, -0.15) is 5.10 Å². The molecule has 128 valence electrons. The normalized spacial score (nSPS) is 10.5. The molecule has 0 atom stereocenters. The smallest absolute Gasteiger partial charge is 0.252 e. The quantitative estimate of drug-likeness (QED) is 0.726. The minimum absolute atomic E-state index is 0.126. The van der Waals surface area contributed by atoms with Gasteiger partial charge in [-0.3, -0.25) is 14.9 Å². The Kier molecular flexibility index (Phi) is 5.09. The molecule has 1 amide bonds. The van der Waals surface area contributed by atoms with Gasteiger partial charge in [0, 0.05) is 62.6 Å². The van der Waals surface area contributed by atoms with Crippen molar-refractivity contribution in [2.24, 2.45) is 0 Å². The first kappa shape index (κ1) is 16.7. The molecule has 1 aromatic carbocycles. The van der Waals surface area contributed by atoms with E-state index in [1.54, 1.807) is 18.6 Å². The molecule has 0 radical (unpaired) electrons. The third-order valence-corrected chi connectivity index (χ3v) is 3.96. The van der Waals surface area contributed by atoms with Crippen molar-refractivity contribution in [3.05, 3.63) is 66.2 Å². The van der Waals surface area contributed by atoms with E-state index in [1.807, 2.05) is 55.4 Å². The van der Waals surface area contributed by atoms with Crippen LogP contribution >= 0.6 is 0 Å². The molecular formula is C19H21N5O. The summed E-state index contributed by atoms with van der Waals surface area (Å²) in [5, 5.41) is 9.67. The van der Waals surface area contributed by atoms with Gasteiger partial charge in [-0.25, -0.2) is 0 Å². The predicted octanol–water partition coefficient (Wildman–Crippen LogP) is 2.51. The third kappa shape index (κ3) is 4.23. The number of benzene rings is 1. The van der Waals surface area contributed by atoms with Crippen molar-refractivity contribution in [3.63, 3.8) is 0 Å². The average Bonchev–Trinajstić information content (AvgIpc) is 3.15. The van der Waals surface area contributed by atoms with E-state index < -0.39 is 0 Å². The molecule has 2 aromatic heterocycles. The van der Waals surface area contributed by atoms with Crippen LogP contribution in [0.3, 0.4) is 0 Å². The highest BCUT2D eigenvalue weighted by Gasteiger charge is 2.08. The molecule has 0 aliphatic rings. The van der Waals surface area contributed by atoms with Crippen LogP contribution in [0.4, 0.5) is 5.69 Å². The number of hydrogen-bond acceptors (Lipinski definition) is 4. The summed E-state index contributed by atoms with van der Waals surface area (Å²) in [6.07, 6.45) is 5.77. The zero-order valence-electron chi connectivity index (χ0n) is 14.4. The number of nitrogens with zero attached hydrogens (tertiary/aromatic N) is 3. The van der Waals surface area contributed by atoms with Crippen molar-refractivity contribution in [2.75, 3.05) is 25.5 Å². The number of carbonyl (C=O) groups excluding carboxylic acids is 1. The molecule has 6 heteroatoms. The molecule has 2 heterocycles. The van der Waals surface area contributed by atoms with Crippen LogP contribution in [0.25, 0.3) is 11.1 Å². The lowest BCUT2D eigenvalue weighted by molar-refractivity contribution is 0.0953. The summed E-state index contributed by atoms with van der Waals surface area (Å²) in [5.41, 5.74) is 4.63. The fourth-order valence-electron chi connectivity index (χ4n) is 2.51. The Morgan fingerprint density at radius 3 is 2.60 bits per heavy atom. The van der Waals surface area contributed by atoms with Gasteiger partial charge in [0.05, 0.1) is 5.56 Å². The minimum Gasteiger partial charge on any atom is -0.378 e. The first-order valence-electron chi connectivity index (χ1n) is 8.13. The molecule has 6 nitrogen and oxygen atoms in total. The zero-order valence-corrected chi connectivity index (χ0v) is 14.4. The molecule has 0 unspecified atom stereocenters. The first-order valence-corrected chi connectivity index (χ1v) is 8.13. The lowest BCUT2D eigenvalue weighted by atomic mass is 10.1. The van der Waals surface area contributed by atoms with Crippen LogP contribution in [-0.2, 0) is 6.42 Å². The van der Waals surface area contributed by atoms with Crippen LogP contribution in [0, 0.1) is 0 Å². The second kappa shape index (κ2) is 7.61. The number of rotatable bonds is 6. The van der Waals surface area contributed by atoms with Crippen LogP contribution < -0.4 is 10.2 Å². The molecule has 25 heavy (non-hydrogen) atoms. The SMILES string of the molecule is CN(C)c1ccc(-c2cncc(C(=O)NCCc3ccn[nH]3)c2)cc1. The average molecular weight is 335 g/mol. The Balaban J connectivity index is 1.66. The molecule has 0 aliphatic heterocycles. The van der Waals surface area contributed by atoms with Crippen molar-refractivity contribution in [1.29, 1.82) is 0 Å².